The summed E-state index contributed by atoms with van der Waals surface area (Å²) in [5, 5.41) is 5.24. The Bertz CT molecular complexity index is 726. The van der Waals surface area contributed by atoms with Gasteiger partial charge in [-0.1, -0.05) is 25.1 Å². The smallest absolute Gasteiger partial charge is 0.230 e. The molecule has 2 aromatic rings. The van der Waals surface area contributed by atoms with E-state index in [-0.39, 0.29) is 11.9 Å². The second-order valence-electron chi connectivity index (χ2n) is 6.16. The number of aryl methyl sites for hydroxylation is 3. The van der Waals surface area contributed by atoms with Crippen LogP contribution in [0.1, 0.15) is 49.4 Å². The SMILES string of the molecule is CCC[C@@H](C)NC(=O)CSc1nc(C)nc2sc3c(c12)CCC3. The second-order valence-corrected chi connectivity index (χ2v) is 8.21. The highest BCUT2D eigenvalue weighted by Gasteiger charge is 2.22. The molecule has 2 aromatic heterocycles. The number of carbonyl (C=O) groups excluding carboxylic acids is 1. The summed E-state index contributed by atoms with van der Waals surface area (Å²) in [6, 6.07) is 0.241. The van der Waals surface area contributed by atoms with Gasteiger partial charge in [0.25, 0.3) is 0 Å². The Morgan fingerprint density at radius 2 is 2.22 bits per heavy atom. The maximum atomic E-state index is 12.1. The first-order valence-corrected chi connectivity index (χ1v) is 10.1. The van der Waals surface area contributed by atoms with Crippen LogP contribution >= 0.6 is 23.1 Å². The van der Waals surface area contributed by atoms with Crippen molar-refractivity contribution in [3.8, 4) is 0 Å². The Labute approximate surface area is 145 Å². The molecule has 1 aliphatic carbocycles. The van der Waals surface area contributed by atoms with E-state index >= 15 is 0 Å². The summed E-state index contributed by atoms with van der Waals surface area (Å²) in [6.45, 7) is 6.12. The molecule has 23 heavy (non-hydrogen) atoms. The number of nitrogens with one attached hydrogen (secondary N) is 1. The molecule has 0 saturated heterocycles. The van der Waals surface area contributed by atoms with E-state index in [0.717, 1.165) is 41.4 Å². The highest BCUT2D eigenvalue weighted by molar-refractivity contribution is 8.00. The molecule has 0 saturated carbocycles. The van der Waals surface area contributed by atoms with Gasteiger partial charge < -0.3 is 5.32 Å². The normalized spacial score (nSPS) is 14.9. The third kappa shape index (κ3) is 3.69. The van der Waals surface area contributed by atoms with Gasteiger partial charge in [-0.3, -0.25) is 4.79 Å². The average Bonchev–Trinajstić information content (AvgIpc) is 3.04. The van der Waals surface area contributed by atoms with Crippen molar-refractivity contribution in [2.75, 3.05) is 5.75 Å². The van der Waals surface area contributed by atoms with Crippen molar-refractivity contribution in [2.24, 2.45) is 0 Å². The molecule has 4 nitrogen and oxygen atoms in total. The van der Waals surface area contributed by atoms with Crippen LogP contribution < -0.4 is 5.32 Å². The van der Waals surface area contributed by atoms with Crippen LogP contribution in [0.3, 0.4) is 0 Å². The van der Waals surface area contributed by atoms with E-state index in [0.29, 0.717) is 5.75 Å². The molecule has 0 bridgehead atoms. The largest absolute Gasteiger partial charge is 0.353 e. The van der Waals surface area contributed by atoms with Gasteiger partial charge in [-0.25, -0.2) is 9.97 Å². The van der Waals surface area contributed by atoms with Gasteiger partial charge in [0.1, 0.15) is 15.7 Å². The van der Waals surface area contributed by atoms with Crippen molar-refractivity contribution in [2.45, 2.75) is 63.9 Å². The van der Waals surface area contributed by atoms with Gasteiger partial charge in [-0.2, -0.15) is 0 Å². The highest BCUT2D eigenvalue weighted by Crippen LogP contribution is 2.40. The average molecular weight is 350 g/mol. The number of thioether (sulfide) groups is 1. The first-order chi connectivity index (χ1) is 11.1. The summed E-state index contributed by atoms with van der Waals surface area (Å²) >= 11 is 3.35. The van der Waals surface area contributed by atoms with Crippen LogP contribution in [0.25, 0.3) is 10.2 Å². The number of hydrogen-bond acceptors (Lipinski definition) is 5. The maximum Gasteiger partial charge on any atom is 0.230 e. The molecule has 1 aliphatic rings. The zero-order valence-electron chi connectivity index (χ0n) is 13.9. The van der Waals surface area contributed by atoms with Crippen LogP contribution in [0.2, 0.25) is 0 Å². The van der Waals surface area contributed by atoms with Crippen LogP contribution in [-0.2, 0) is 17.6 Å². The predicted molar refractivity (Wildman–Crippen MR) is 97.4 cm³/mol. The molecule has 1 amide bonds. The molecule has 2 heterocycles. The first kappa shape index (κ1) is 16.7. The van der Waals surface area contributed by atoms with E-state index in [1.54, 1.807) is 23.1 Å². The minimum absolute atomic E-state index is 0.0900. The van der Waals surface area contributed by atoms with E-state index in [1.807, 2.05) is 6.92 Å². The van der Waals surface area contributed by atoms with E-state index in [9.17, 15) is 4.79 Å². The van der Waals surface area contributed by atoms with Crippen molar-refractivity contribution in [1.29, 1.82) is 0 Å². The molecule has 0 radical (unpaired) electrons. The zero-order chi connectivity index (χ0) is 16.4. The van der Waals surface area contributed by atoms with Crippen molar-refractivity contribution in [1.82, 2.24) is 15.3 Å². The van der Waals surface area contributed by atoms with Crippen LogP contribution in [0.5, 0.6) is 0 Å². The predicted octanol–water partition coefficient (Wildman–Crippen LogP) is 3.89. The van der Waals surface area contributed by atoms with E-state index in [1.165, 1.54) is 22.2 Å². The fraction of sp³-hybridized carbons (Fsp3) is 0.588. The Balaban J connectivity index is 1.76. The molecule has 0 spiro atoms. The third-order valence-electron chi connectivity index (χ3n) is 4.11. The number of aromatic nitrogens is 2. The van der Waals surface area contributed by atoms with Gasteiger partial charge in [0.15, 0.2) is 0 Å². The van der Waals surface area contributed by atoms with Crippen molar-refractivity contribution in [3.63, 3.8) is 0 Å². The zero-order valence-corrected chi connectivity index (χ0v) is 15.6. The van der Waals surface area contributed by atoms with E-state index < -0.39 is 0 Å². The summed E-state index contributed by atoms with van der Waals surface area (Å²) in [6.07, 6.45) is 5.61. The lowest BCUT2D eigenvalue weighted by Gasteiger charge is -2.12. The monoisotopic (exact) mass is 349 g/mol. The maximum absolute atomic E-state index is 12.1. The van der Waals surface area contributed by atoms with Gasteiger partial charge >= 0.3 is 0 Å². The van der Waals surface area contributed by atoms with Crippen molar-refractivity contribution < 1.29 is 4.79 Å². The summed E-state index contributed by atoms with van der Waals surface area (Å²) in [4.78, 5) is 23.9. The standard InChI is InChI=1S/C17H23N3OS2/c1-4-6-10(2)18-14(21)9-22-16-15-12-7-5-8-13(12)23-17(15)20-11(3)19-16/h10H,4-9H2,1-3H3,(H,18,21)/t10-/m1/s1. The number of fused-ring (bicyclic) bond motifs is 3. The summed E-state index contributed by atoms with van der Waals surface area (Å²) < 4.78 is 0. The molecule has 1 N–H and O–H groups in total. The first-order valence-electron chi connectivity index (χ1n) is 8.29. The summed E-state index contributed by atoms with van der Waals surface area (Å²) in [7, 11) is 0. The lowest BCUT2D eigenvalue weighted by molar-refractivity contribution is -0.119. The highest BCUT2D eigenvalue weighted by atomic mass is 32.2. The molecule has 0 fully saturated rings. The Hall–Kier alpha value is -1.14. The molecule has 6 heteroatoms. The minimum atomic E-state index is 0.0900. The number of hydrogen-bond donors (Lipinski definition) is 1. The van der Waals surface area contributed by atoms with Crippen LogP contribution in [0, 0.1) is 6.92 Å². The van der Waals surface area contributed by atoms with Gasteiger partial charge in [-0.15, -0.1) is 11.3 Å². The van der Waals surface area contributed by atoms with Gasteiger partial charge in [0, 0.05) is 16.3 Å². The number of nitrogens with zero attached hydrogens (tertiary/aromatic N) is 2. The van der Waals surface area contributed by atoms with Gasteiger partial charge in [0.2, 0.25) is 5.91 Å². The number of carbonyl (C=O) groups is 1. The molecule has 0 unspecified atom stereocenters. The molecular weight excluding hydrogens is 326 g/mol. The van der Waals surface area contributed by atoms with Gasteiger partial charge in [-0.05, 0) is 45.1 Å². The fourth-order valence-electron chi connectivity index (χ4n) is 3.12. The van der Waals surface area contributed by atoms with E-state index in [2.05, 4.69) is 29.1 Å². The van der Waals surface area contributed by atoms with Crippen LogP contribution in [0.15, 0.2) is 5.03 Å². The van der Waals surface area contributed by atoms with Crippen molar-refractivity contribution in [3.05, 3.63) is 16.3 Å². The summed E-state index contributed by atoms with van der Waals surface area (Å²) in [5.74, 6) is 1.30. The lowest BCUT2D eigenvalue weighted by Crippen LogP contribution is -2.33. The molecule has 1 atom stereocenters. The van der Waals surface area contributed by atoms with Crippen molar-refractivity contribution >= 4 is 39.2 Å². The minimum Gasteiger partial charge on any atom is -0.353 e. The van der Waals surface area contributed by atoms with Gasteiger partial charge in [0.05, 0.1) is 5.75 Å². The summed E-state index contributed by atoms with van der Waals surface area (Å²) in [5.41, 5.74) is 1.42. The molecule has 3 rings (SSSR count). The molecule has 0 aliphatic heterocycles. The Morgan fingerprint density at radius 3 is 3.00 bits per heavy atom. The third-order valence-corrected chi connectivity index (χ3v) is 6.27. The number of thiophene rings is 1. The lowest BCUT2D eigenvalue weighted by atomic mass is 10.2. The van der Waals surface area contributed by atoms with E-state index in [4.69, 9.17) is 0 Å². The Kier molecular flexibility index (Phi) is 5.21. The van der Waals surface area contributed by atoms with Crippen LogP contribution in [0.4, 0.5) is 0 Å². The molecule has 124 valence electrons. The number of rotatable bonds is 6. The number of amides is 1. The quantitative estimate of drug-likeness (QED) is 0.635. The fourth-order valence-corrected chi connectivity index (χ4v) is 5.41. The Morgan fingerprint density at radius 1 is 1.39 bits per heavy atom. The molecule has 0 aromatic carbocycles. The second kappa shape index (κ2) is 7.18. The topological polar surface area (TPSA) is 54.9 Å². The van der Waals surface area contributed by atoms with Crippen LogP contribution in [-0.4, -0.2) is 27.7 Å². The molecular formula is C17H23N3OS2.